The molecule has 2 atom stereocenters. The minimum Gasteiger partial charge on any atom is -0.493 e. The van der Waals surface area contributed by atoms with E-state index in [0.717, 1.165) is 13.0 Å². The molecule has 0 unspecified atom stereocenters. The summed E-state index contributed by atoms with van der Waals surface area (Å²) in [6, 6.07) is 7.01. The molecule has 0 aliphatic carbocycles. The van der Waals surface area contributed by atoms with Gasteiger partial charge in [-0.1, -0.05) is 19.4 Å². The summed E-state index contributed by atoms with van der Waals surface area (Å²) in [5, 5.41) is 0. The molecular weight excluding hydrogens is 292 g/mol. The van der Waals surface area contributed by atoms with E-state index in [1.165, 1.54) is 12.8 Å². The van der Waals surface area contributed by atoms with Gasteiger partial charge in [-0.25, -0.2) is 0 Å². The molecule has 1 heterocycles. The number of carbonyl (C=O) groups is 2. The summed E-state index contributed by atoms with van der Waals surface area (Å²) in [6.07, 6.45) is 3.78. The van der Waals surface area contributed by atoms with E-state index in [1.807, 2.05) is 4.90 Å². The lowest BCUT2D eigenvalue weighted by Crippen LogP contribution is -2.40. The van der Waals surface area contributed by atoms with Gasteiger partial charge in [0.1, 0.15) is 5.75 Å². The molecule has 2 amide bonds. The Kier molecular flexibility index (Phi) is 6.02. The van der Waals surface area contributed by atoms with Crippen LogP contribution in [0.2, 0.25) is 0 Å². The van der Waals surface area contributed by atoms with Crippen molar-refractivity contribution in [2.75, 3.05) is 13.2 Å². The highest BCUT2D eigenvalue weighted by Crippen LogP contribution is 2.21. The summed E-state index contributed by atoms with van der Waals surface area (Å²) >= 11 is 0. The largest absolute Gasteiger partial charge is 0.493 e. The van der Waals surface area contributed by atoms with Crippen molar-refractivity contribution in [3.8, 4) is 5.75 Å². The maximum absolute atomic E-state index is 12.4. The van der Waals surface area contributed by atoms with E-state index in [9.17, 15) is 9.59 Å². The summed E-state index contributed by atoms with van der Waals surface area (Å²) < 4.78 is 5.60. The Hall–Kier alpha value is -2.04. The van der Waals surface area contributed by atoms with Gasteiger partial charge in [0.25, 0.3) is 0 Å². The van der Waals surface area contributed by atoms with Crippen LogP contribution in [0.5, 0.6) is 5.75 Å². The van der Waals surface area contributed by atoms with Crippen molar-refractivity contribution in [2.45, 2.75) is 45.6 Å². The molecule has 23 heavy (non-hydrogen) atoms. The van der Waals surface area contributed by atoms with Gasteiger partial charge in [-0.15, -0.1) is 0 Å². The molecule has 0 bridgehead atoms. The number of nitrogens with zero attached hydrogens (tertiary/aromatic N) is 1. The fourth-order valence-corrected chi connectivity index (χ4v) is 3.01. The van der Waals surface area contributed by atoms with E-state index in [4.69, 9.17) is 10.5 Å². The van der Waals surface area contributed by atoms with Crippen molar-refractivity contribution in [2.24, 2.45) is 11.7 Å². The zero-order chi connectivity index (χ0) is 16.8. The van der Waals surface area contributed by atoms with E-state index in [0.29, 0.717) is 36.3 Å². The van der Waals surface area contributed by atoms with E-state index in [1.54, 1.807) is 24.3 Å². The van der Waals surface area contributed by atoms with Crippen LogP contribution < -0.4 is 10.5 Å². The molecule has 0 spiro atoms. The van der Waals surface area contributed by atoms with Gasteiger partial charge in [0.2, 0.25) is 11.8 Å². The van der Waals surface area contributed by atoms with Crippen LogP contribution in [0.1, 0.15) is 49.9 Å². The first-order chi connectivity index (χ1) is 11.0. The van der Waals surface area contributed by atoms with Crippen LogP contribution >= 0.6 is 0 Å². The Balaban J connectivity index is 1.86. The standard InChI is InChI=1S/C18H26N2O3/c1-13-5-3-6-14(2)20(12-13)17(21)9-10-23-16-8-4-7-15(11-16)18(19)22/h4,7-8,11,13-14H,3,5-6,9-10,12H2,1-2H3,(H2,19,22)/t13-,14-/m1/s1. The third kappa shape index (κ3) is 4.98. The molecule has 1 aliphatic rings. The molecule has 5 heteroatoms. The number of hydrogen-bond donors (Lipinski definition) is 1. The second kappa shape index (κ2) is 7.99. The van der Waals surface area contributed by atoms with Gasteiger partial charge in [0, 0.05) is 18.2 Å². The quantitative estimate of drug-likeness (QED) is 0.907. The Bertz CT molecular complexity index is 559. The van der Waals surface area contributed by atoms with Crippen LogP contribution in [0.15, 0.2) is 24.3 Å². The first-order valence-corrected chi connectivity index (χ1v) is 8.29. The van der Waals surface area contributed by atoms with E-state index in [-0.39, 0.29) is 5.91 Å². The average Bonchev–Trinajstić information content (AvgIpc) is 2.68. The molecule has 2 rings (SSSR count). The van der Waals surface area contributed by atoms with Crippen molar-refractivity contribution in [1.82, 2.24) is 4.90 Å². The normalized spacial score (nSPS) is 21.6. The molecule has 1 aromatic carbocycles. The monoisotopic (exact) mass is 318 g/mol. The number of benzene rings is 1. The minimum atomic E-state index is -0.487. The molecule has 126 valence electrons. The number of hydrogen-bond acceptors (Lipinski definition) is 3. The topological polar surface area (TPSA) is 72.6 Å². The van der Waals surface area contributed by atoms with Gasteiger partial charge in [-0.05, 0) is 43.9 Å². The van der Waals surface area contributed by atoms with Gasteiger partial charge in [-0.3, -0.25) is 9.59 Å². The molecule has 0 saturated carbocycles. The van der Waals surface area contributed by atoms with E-state index >= 15 is 0 Å². The molecule has 0 aromatic heterocycles. The smallest absolute Gasteiger partial charge is 0.248 e. The van der Waals surface area contributed by atoms with Crippen molar-refractivity contribution in [1.29, 1.82) is 0 Å². The minimum absolute atomic E-state index is 0.136. The van der Waals surface area contributed by atoms with E-state index < -0.39 is 5.91 Å². The maximum atomic E-state index is 12.4. The number of ether oxygens (including phenoxy) is 1. The molecule has 1 aliphatic heterocycles. The molecule has 5 nitrogen and oxygen atoms in total. The predicted octanol–water partition coefficient (Wildman–Crippen LogP) is 2.59. The molecular formula is C18H26N2O3. The molecule has 2 N–H and O–H groups in total. The zero-order valence-corrected chi connectivity index (χ0v) is 14.0. The van der Waals surface area contributed by atoms with Gasteiger partial charge in [-0.2, -0.15) is 0 Å². The number of rotatable bonds is 5. The highest BCUT2D eigenvalue weighted by atomic mass is 16.5. The Morgan fingerprint density at radius 3 is 2.83 bits per heavy atom. The summed E-state index contributed by atoms with van der Waals surface area (Å²) in [5.74, 6) is 0.764. The van der Waals surface area contributed by atoms with Crippen LogP contribution in [0.3, 0.4) is 0 Å². The summed E-state index contributed by atoms with van der Waals surface area (Å²) in [6.45, 7) is 5.45. The van der Waals surface area contributed by atoms with Gasteiger partial charge in [0.05, 0.1) is 13.0 Å². The van der Waals surface area contributed by atoms with Gasteiger partial charge >= 0.3 is 0 Å². The Morgan fingerprint density at radius 2 is 2.09 bits per heavy atom. The Labute approximate surface area is 137 Å². The van der Waals surface area contributed by atoms with Crippen molar-refractivity contribution in [3.63, 3.8) is 0 Å². The lowest BCUT2D eigenvalue weighted by Gasteiger charge is -2.28. The first-order valence-electron chi connectivity index (χ1n) is 8.29. The highest BCUT2D eigenvalue weighted by molar-refractivity contribution is 5.93. The molecule has 1 saturated heterocycles. The Morgan fingerprint density at radius 1 is 1.30 bits per heavy atom. The average molecular weight is 318 g/mol. The van der Waals surface area contributed by atoms with Crippen LogP contribution in [-0.2, 0) is 4.79 Å². The number of nitrogens with two attached hydrogens (primary N) is 1. The van der Waals surface area contributed by atoms with Crippen LogP contribution in [0.25, 0.3) is 0 Å². The molecule has 0 radical (unpaired) electrons. The highest BCUT2D eigenvalue weighted by Gasteiger charge is 2.24. The summed E-state index contributed by atoms with van der Waals surface area (Å²) in [4.78, 5) is 25.6. The number of carbonyl (C=O) groups excluding carboxylic acids is 2. The third-order valence-corrected chi connectivity index (χ3v) is 4.38. The van der Waals surface area contributed by atoms with Crippen molar-refractivity contribution >= 4 is 11.8 Å². The predicted molar refractivity (Wildman–Crippen MR) is 89.3 cm³/mol. The number of likely N-dealkylation sites (tertiary alicyclic amines) is 1. The van der Waals surface area contributed by atoms with Gasteiger partial charge < -0.3 is 15.4 Å². The maximum Gasteiger partial charge on any atom is 0.248 e. The second-order valence-electron chi connectivity index (χ2n) is 6.42. The van der Waals surface area contributed by atoms with Gasteiger partial charge in [0.15, 0.2) is 0 Å². The number of amides is 2. The summed E-state index contributed by atoms with van der Waals surface area (Å²) in [7, 11) is 0. The second-order valence-corrected chi connectivity index (χ2v) is 6.42. The summed E-state index contributed by atoms with van der Waals surface area (Å²) in [5.41, 5.74) is 5.65. The van der Waals surface area contributed by atoms with Crippen molar-refractivity contribution < 1.29 is 14.3 Å². The lowest BCUT2D eigenvalue weighted by molar-refractivity contribution is -0.134. The van der Waals surface area contributed by atoms with Crippen LogP contribution in [-0.4, -0.2) is 35.9 Å². The lowest BCUT2D eigenvalue weighted by atomic mass is 10.1. The fraction of sp³-hybridized carbons (Fsp3) is 0.556. The fourth-order valence-electron chi connectivity index (χ4n) is 3.01. The SMILES string of the molecule is C[C@@H]1CCC[C@@H](C)N(C(=O)CCOc2cccc(C(N)=O)c2)C1. The first kappa shape index (κ1) is 17.3. The zero-order valence-electron chi connectivity index (χ0n) is 14.0. The van der Waals surface area contributed by atoms with Crippen molar-refractivity contribution in [3.05, 3.63) is 29.8 Å². The number of primary amides is 1. The van der Waals surface area contributed by atoms with Crippen LogP contribution in [0, 0.1) is 5.92 Å². The molecule has 1 fully saturated rings. The molecule has 1 aromatic rings. The van der Waals surface area contributed by atoms with Crippen LogP contribution in [0.4, 0.5) is 0 Å². The third-order valence-electron chi connectivity index (χ3n) is 4.38. The van der Waals surface area contributed by atoms with E-state index in [2.05, 4.69) is 13.8 Å².